The molecule has 0 aliphatic carbocycles. The number of hydrogen-bond acceptors (Lipinski definition) is 8. The normalized spacial score (nSPS) is 18.3. The average molecular weight is 439 g/mol. The van der Waals surface area contributed by atoms with Crippen molar-refractivity contribution in [2.45, 2.75) is 18.6 Å². The van der Waals surface area contributed by atoms with E-state index < -0.39 is 17.5 Å². The number of ether oxygens (including phenoxy) is 3. The van der Waals surface area contributed by atoms with Gasteiger partial charge in [-0.15, -0.1) is 0 Å². The topological polar surface area (TPSA) is 91.3 Å². The number of carbonyl (C=O) groups excluding carboxylic acids is 3. The third kappa shape index (κ3) is 5.03. The number of benzene rings is 2. The van der Waals surface area contributed by atoms with E-state index in [4.69, 9.17) is 14.2 Å². The summed E-state index contributed by atoms with van der Waals surface area (Å²) in [5.74, 6) is -1.32. The first-order valence-electron chi connectivity index (χ1n) is 9.39. The van der Waals surface area contributed by atoms with Crippen LogP contribution in [-0.2, 0) is 40.7 Å². The number of aliphatic imine (C=N–C) groups is 1. The van der Waals surface area contributed by atoms with Gasteiger partial charge in [-0.05, 0) is 16.7 Å². The molecule has 0 fully saturated rings. The Morgan fingerprint density at radius 2 is 1.65 bits per heavy atom. The monoisotopic (exact) mass is 439 g/mol. The van der Waals surface area contributed by atoms with Gasteiger partial charge in [0.2, 0.25) is 5.12 Å². The van der Waals surface area contributed by atoms with E-state index in [-0.39, 0.29) is 28.9 Å². The van der Waals surface area contributed by atoms with Gasteiger partial charge < -0.3 is 14.2 Å². The lowest BCUT2D eigenvalue weighted by molar-refractivity contribution is -0.139. The van der Waals surface area contributed by atoms with Crippen molar-refractivity contribution in [1.29, 1.82) is 0 Å². The minimum absolute atomic E-state index is 0.146. The molecule has 0 amide bonds. The lowest BCUT2D eigenvalue weighted by Gasteiger charge is -2.26. The number of hydrogen-bond donors (Lipinski definition) is 0. The highest BCUT2D eigenvalue weighted by molar-refractivity contribution is 8.26. The Kier molecular flexibility index (Phi) is 7.25. The highest BCUT2D eigenvalue weighted by atomic mass is 32.2. The van der Waals surface area contributed by atoms with Crippen LogP contribution in [0.3, 0.4) is 0 Å². The molecule has 1 aliphatic heterocycles. The number of rotatable bonds is 7. The maximum Gasteiger partial charge on any atom is 0.330 e. The molecule has 1 heterocycles. The van der Waals surface area contributed by atoms with Gasteiger partial charge in [0, 0.05) is 17.8 Å². The van der Waals surface area contributed by atoms with Crippen LogP contribution in [0.25, 0.3) is 0 Å². The summed E-state index contributed by atoms with van der Waals surface area (Å²) in [6.07, 6.45) is 0.800. The van der Waals surface area contributed by atoms with Crippen LogP contribution in [0.4, 0.5) is 0 Å². The van der Waals surface area contributed by atoms with Crippen molar-refractivity contribution in [3.8, 4) is 0 Å². The Morgan fingerprint density at radius 3 is 2.26 bits per heavy atom. The van der Waals surface area contributed by atoms with Crippen molar-refractivity contribution in [3.63, 3.8) is 0 Å². The fourth-order valence-corrected chi connectivity index (χ4v) is 4.00. The summed E-state index contributed by atoms with van der Waals surface area (Å²) in [6.45, 7) is 0.220. The molecule has 0 radical (unpaired) electrons. The zero-order valence-electron chi connectivity index (χ0n) is 17.1. The van der Waals surface area contributed by atoms with Crippen molar-refractivity contribution in [3.05, 3.63) is 83.4 Å². The largest absolute Gasteiger partial charge is 0.469 e. The van der Waals surface area contributed by atoms with Gasteiger partial charge in [0.25, 0.3) is 5.23 Å². The van der Waals surface area contributed by atoms with Crippen LogP contribution in [0.5, 0.6) is 0 Å². The fraction of sp³-hybridized carbons (Fsp3) is 0.217. The van der Waals surface area contributed by atoms with Crippen LogP contribution in [0, 0.1) is 0 Å². The van der Waals surface area contributed by atoms with Crippen molar-refractivity contribution in [1.82, 2.24) is 0 Å². The fourth-order valence-electron chi connectivity index (χ4n) is 3.10. The van der Waals surface area contributed by atoms with Gasteiger partial charge in [-0.1, -0.05) is 60.7 Å². The van der Waals surface area contributed by atoms with Gasteiger partial charge in [-0.3, -0.25) is 9.59 Å². The summed E-state index contributed by atoms with van der Waals surface area (Å²) in [5.41, 5.74) is -0.0474. The molecule has 0 N–H and O–H groups in total. The Labute approximate surface area is 184 Å². The van der Waals surface area contributed by atoms with Crippen LogP contribution < -0.4 is 0 Å². The van der Waals surface area contributed by atoms with Crippen LogP contribution in [-0.4, -0.2) is 36.5 Å². The van der Waals surface area contributed by atoms with E-state index in [2.05, 4.69) is 4.99 Å². The van der Waals surface area contributed by atoms with Crippen molar-refractivity contribution >= 4 is 34.0 Å². The molecular formula is C23H21NO6S. The summed E-state index contributed by atoms with van der Waals surface area (Å²) >= 11 is 0.828. The van der Waals surface area contributed by atoms with E-state index in [1.54, 1.807) is 30.3 Å². The highest BCUT2D eigenvalue weighted by Crippen LogP contribution is 2.45. The molecule has 0 bridgehead atoms. The van der Waals surface area contributed by atoms with E-state index in [9.17, 15) is 14.4 Å². The van der Waals surface area contributed by atoms with E-state index in [0.29, 0.717) is 5.56 Å². The molecule has 7 nitrogen and oxygen atoms in total. The molecule has 8 heteroatoms. The molecule has 0 saturated heterocycles. The molecule has 1 atom stereocenters. The Balaban J connectivity index is 2.06. The van der Waals surface area contributed by atoms with Gasteiger partial charge in [0.05, 0.1) is 20.6 Å². The minimum Gasteiger partial charge on any atom is -0.469 e. The molecule has 2 aromatic carbocycles. The van der Waals surface area contributed by atoms with Gasteiger partial charge in [0.1, 0.15) is 6.61 Å². The first kappa shape index (κ1) is 22.3. The molecule has 0 unspecified atom stereocenters. The van der Waals surface area contributed by atoms with E-state index >= 15 is 0 Å². The molecule has 160 valence electrons. The zero-order chi connectivity index (χ0) is 22.3. The molecule has 2 aromatic rings. The molecule has 0 aromatic heterocycles. The number of esters is 2. The molecule has 3 rings (SSSR count). The summed E-state index contributed by atoms with van der Waals surface area (Å²) in [6, 6.07) is 18.2. The van der Waals surface area contributed by atoms with E-state index in [1.165, 1.54) is 14.2 Å². The number of methoxy groups -OCH3 is 2. The number of nitrogens with zero attached hydrogens (tertiary/aromatic N) is 1. The Hall–Kier alpha value is -3.39. The Bertz CT molecular complexity index is 1020. The average Bonchev–Trinajstić information content (AvgIpc) is 3.15. The van der Waals surface area contributed by atoms with Gasteiger partial charge in [0.15, 0.2) is 5.54 Å². The Morgan fingerprint density at radius 1 is 1.00 bits per heavy atom. The molecule has 1 aliphatic rings. The van der Waals surface area contributed by atoms with Crippen LogP contribution in [0.15, 0.2) is 77.3 Å². The van der Waals surface area contributed by atoms with Crippen LogP contribution in [0.1, 0.15) is 17.5 Å². The third-order valence-electron chi connectivity index (χ3n) is 4.65. The molecular weight excluding hydrogens is 418 g/mol. The van der Waals surface area contributed by atoms with Crippen LogP contribution in [0.2, 0.25) is 0 Å². The van der Waals surface area contributed by atoms with Gasteiger partial charge >= 0.3 is 11.9 Å². The summed E-state index contributed by atoms with van der Waals surface area (Å²) in [4.78, 5) is 42.1. The van der Waals surface area contributed by atoms with E-state index in [1.807, 2.05) is 30.3 Å². The first-order chi connectivity index (χ1) is 15.0. The highest BCUT2D eigenvalue weighted by Gasteiger charge is 2.50. The molecule has 0 spiro atoms. The van der Waals surface area contributed by atoms with Gasteiger partial charge in [-0.25, -0.2) is 9.79 Å². The van der Waals surface area contributed by atoms with E-state index in [0.717, 1.165) is 23.4 Å². The standard InChI is InChI=1S/C23H21NO6S/c1-28-19(25)13-18(14-20(26)29-2)23(17-11-7-4-8-12-17)21(27)31-22(24-23)30-15-16-9-5-3-6-10-16/h3-13H,14-15H2,1-2H3/b18-13+/t23-/m0/s1. The second kappa shape index (κ2) is 10.1. The SMILES string of the molecule is COC(=O)/C=C(\CC(=O)OC)[C@]1(c2ccccc2)N=C(OCc2ccccc2)SC1=O. The maximum atomic E-state index is 13.3. The zero-order valence-corrected chi connectivity index (χ0v) is 17.9. The quantitative estimate of drug-likeness (QED) is 0.482. The summed E-state index contributed by atoms with van der Waals surface area (Å²) < 4.78 is 15.3. The predicted molar refractivity (Wildman–Crippen MR) is 116 cm³/mol. The van der Waals surface area contributed by atoms with Crippen molar-refractivity contribution in [2.24, 2.45) is 4.99 Å². The number of thioether (sulfide) groups is 1. The summed E-state index contributed by atoms with van der Waals surface area (Å²) in [7, 11) is 2.45. The first-order valence-corrected chi connectivity index (χ1v) is 10.2. The predicted octanol–water partition coefficient (Wildman–Crippen LogP) is 3.39. The van der Waals surface area contributed by atoms with Crippen LogP contribution >= 0.6 is 11.8 Å². The van der Waals surface area contributed by atoms with Crippen molar-refractivity contribution in [2.75, 3.05) is 14.2 Å². The lowest BCUT2D eigenvalue weighted by Crippen LogP contribution is -2.33. The van der Waals surface area contributed by atoms with Gasteiger partial charge in [-0.2, -0.15) is 0 Å². The second-order valence-electron chi connectivity index (χ2n) is 6.56. The summed E-state index contributed by atoms with van der Waals surface area (Å²) in [5, 5.41) is -0.237. The lowest BCUT2D eigenvalue weighted by atomic mass is 9.82. The smallest absolute Gasteiger partial charge is 0.330 e. The molecule has 0 saturated carbocycles. The third-order valence-corrected chi connectivity index (χ3v) is 5.52. The number of carbonyl (C=O) groups is 3. The minimum atomic E-state index is -1.61. The van der Waals surface area contributed by atoms with Crippen molar-refractivity contribution < 1.29 is 28.6 Å². The maximum absolute atomic E-state index is 13.3. The second-order valence-corrected chi connectivity index (χ2v) is 7.49. The molecule has 31 heavy (non-hydrogen) atoms.